The number of tetrazole rings is 1. The van der Waals surface area contributed by atoms with E-state index in [1.54, 1.807) is 12.1 Å². The molecule has 18 heavy (non-hydrogen) atoms. The standard InChI is InChI=1S/C11H13BrFN5/c1-6(9-5-8(12)3-4-10(9)13)14-7(2)11-15-17-18-16-11/h3-7,14H,1-2H3,(H,15,16,17,18). The Balaban J connectivity index is 2.12. The lowest BCUT2D eigenvalue weighted by Crippen LogP contribution is -2.24. The topological polar surface area (TPSA) is 66.5 Å². The normalized spacial score (nSPS) is 14.4. The molecule has 0 amide bonds. The number of nitrogens with zero attached hydrogens (tertiary/aromatic N) is 3. The molecule has 0 aliphatic carbocycles. The molecule has 2 unspecified atom stereocenters. The number of aromatic amines is 1. The number of H-pyrrole nitrogens is 1. The monoisotopic (exact) mass is 313 g/mol. The van der Waals surface area contributed by atoms with E-state index in [1.165, 1.54) is 6.07 Å². The van der Waals surface area contributed by atoms with E-state index in [0.29, 0.717) is 11.4 Å². The maximum atomic E-state index is 13.7. The summed E-state index contributed by atoms with van der Waals surface area (Å²) >= 11 is 3.34. The average Bonchev–Trinajstić information content (AvgIpc) is 2.85. The van der Waals surface area contributed by atoms with Crippen LogP contribution in [0.25, 0.3) is 0 Å². The van der Waals surface area contributed by atoms with Crippen molar-refractivity contribution < 1.29 is 4.39 Å². The highest BCUT2D eigenvalue weighted by Crippen LogP contribution is 2.23. The SMILES string of the molecule is CC(NC(C)c1cc(Br)ccc1F)c1nn[nH]n1. The van der Waals surface area contributed by atoms with Gasteiger partial charge in [-0.2, -0.15) is 5.21 Å². The second kappa shape index (κ2) is 5.53. The first kappa shape index (κ1) is 13.1. The predicted molar refractivity (Wildman–Crippen MR) is 68.2 cm³/mol. The molecule has 2 aromatic rings. The molecule has 0 saturated heterocycles. The Bertz CT molecular complexity index is 516. The van der Waals surface area contributed by atoms with Gasteiger partial charge in [-0.1, -0.05) is 21.1 Å². The number of nitrogens with one attached hydrogen (secondary N) is 2. The summed E-state index contributed by atoms with van der Waals surface area (Å²) in [5.41, 5.74) is 0.597. The van der Waals surface area contributed by atoms with Gasteiger partial charge in [0.1, 0.15) is 5.82 Å². The minimum Gasteiger partial charge on any atom is -0.301 e. The number of hydrogen-bond donors (Lipinski definition) is 2. The third kappa shape index (κ3) is 2.91. The van der Waals surface area contributed by atoms with E-state index in [0.717, 1.165) is 4.47 Å². The van der Waals surface area contributed by atoms with Crippen molar-refractivity contribution in [1.29, 1.82) is 0 Å². The van der Waals surface area contributed by atoms with Crippen LogP contribution in [-0.2, 0) is 0 Å². The van der Waals surface area contributed by atoms with E-state index in [1.807, 2.05) is 13.8 Å². The van der Waals surface area contributed by atoms with E-state index >= 15 is 0 Å². The lowest BCUT2D eigenvalue weighted by atomic mass is 10.1. The van der Waals surface area contributed by atoms with Crippen LogP contribution in [0.2, 0.25) is 0 Å². The summed E-state index contributed by atoms with van der Waals surface area (Å²) in [6.45, 7) is 3.79. The van der Waals surface area contributed by atoms with Gasteiger partial charge in [-0.3, -0.25) is 0 Å². The van der Waals surface area contributed by atoms with Crippen LogP contribution in [0.1, 0.15) is 37.3 Å². The van der Waals surface area contributed by atoms with Gasteiger partial charge in [0.15, 0.2) is 5.82 Å². The first-order valence-electron chi connectivity index (χ1n) is 5.52. The van der Waals surface area contributed by atoms with E-state index in [2.05, 4.69) is 41.9 Å². The van der Waals surface area contributed by atoms with Crippen molar-refractivity contribution in [3.63, 3.8) is 0 Å². The quantitative estimate of drug-likeness (QED) is 0.910. The predicted octanol–water partition coefficient (Wildman–Crippen LogP) is 2.51. The molecule has 1 aromatic carbocycles. The van der Waals surface area contributed by atoms with Gasteiger partial charge >= 0.3 is 0 Å². The van der Waals surface area contributed by atoms with Crippen molar-refractivity contribution >= 4 is 15.9 Å². The lowest BCUT2D eigenvalue weighted by molar-refractivity contribution is 0.460. The van der Waals surface area contributed by atoms with Crippen LogP contribution < -0.4 is 5.32 Å². The Morgan fingerprint density at radius 2 is 2.11 bits per heavy atom. The summed E-state index contributed by atoms with van der Waals surface area (Å²) in [6, 6.07) is 4.61. The van der Waals surface area contributed by atoms with E-state index in [-0.39, 0.29) is 17.9 Å². The van der Waals surface area contributed by atoms with Crippen LogP contribution in [0.3, 0.4) is 0 Å². The van der Waals surface area contributed by atoms with Gasteiger partial charge in [0.2, 0.25) is 0 Å². The zero-order chi connectivity index (χ0) is 13.1. The fourth-order valence-corrected chi connectivity index (χ4v) is 2.12. The molecule has 0 saturated carbocycles. The Kier molecular flexibility index (Phi) is 4.03. The van der Waals surface area contributed by atoms with Gasteiger partial charge in [-0.15, -0.1) is 10.2 Å². The van der Waals surface area contributed by atoms with Gasteiger partial charge in [-0.05, 0) is 32.0 Å². The zero-order valence-corrected chi connectivity index (χ0v) is 11.6. The van der Waals surface area contributed by atoms with Gasteiger partial charge < -0.3 is 5.32 Å². The molecule has 0 bridgehead atoms. The minimum atomic E-state index is -0.237. The number of halogens is 2. The highest BCUT2D eigenvalue weighted by Gasteiger charge is 2.17. The van der Waals surface area contributed by atoms with Crippen LogP contribution in [0, 0.1) is 5.82 Å². The van der Waals surface area contributed by atoms with Gasteiger partial charge in [0, 0.05) is 16.1 Å². The third-order valence-electron chi connectivity index (χ3n) is 2.67. The molecule has 1 aromatic heterocycles. The van der Waals surface area contributed by atoms with Crippen molar-refractivity contribution in [1.82, 2.24) is 25.9 Å². The van der Waals surface area contributed by atoms with Crippen molar-refractivity contribution in [3.05, 3.63) is 39.9 Å². The second-order valence-electron chi connectivity index (χ2n) is 4.05. The Hall–Kier alpha value is -1.34. The summed E-state index contributed by atoms with van der Waals surface area (Å²) < 4.78 is 14.5. The maximum Gasteiger partial charge on any atom is 0.191 e. The molecule has 0 aliphatic heterocycles. The first-order chi connectivity index (χ1) is 8.58. The summed E-state index contributed by atoms with van der Waals surface area (Å²) in [4.78, 5) is 0. The number of benzene rings is 1. The summed E-state index contributed by atoms with van der Waals surface area (Å²) in [6.07, 6.45) is 0. The molecule has 5 nitrogen and oxygen atoms in total. The molecule has 96 valence electrons. The van der Waals surface area contributed by atoms with Crippen molar-refractivity contribution in [2.75, 3.05) is 0 Å². The molecule has 2 rings (SSSR count). The van der Waals surface area contributed by atoms with E-state index < -0.39 is 0 Å². The van der Waals surface area contributed by atoms with E-state index in [9.17, 15) is 4.39 Å². The smallest absolute Gasteiger partial charge is 0.191 e. The molecule has 0 radical (unpaired) electrons. The van der Waals surface area contributed by atoms with Gasteiger partial charge in [0.05, 0.1) is 6.04 Å². The van der Waals surface area contributed by atoms with Crippen molar-refractivity contribution in [3.8, 4) is 0 Å². The Labute approximate surface area is 112 Å². The van der Waals surface area contributed by atoms with Crippen LogP contribution in [0.4, 0.5) is 4.39 Å². The van der Waals surface area contributed by atoms with Crippen LogP contribution >= 0.6 is 15.9 Å². The number of rotatable bonds is 4. The Morgan fingerprint density at radius 3 is 2.78 bits per heavy atom. The average molecular weight is 314 g/mol. The highest BCUT2D eigenvalue weighted by molar-refractivity contribution is 9.10. The molecule has 2 atom stereocenters. The molecule has 1 heterocycles. The number of aromatic nitrogens is 4. The van der Waals surface area contributed by atoms with Gasteiger partial charge in [0.25, 0.3) is 0 Å². The third-order valence-corrected chi connectivity index (χ3v) is 3.17. The fourth-order valence-electron chi connectivity index (χ4n) is 1.74. The zero-order valence-electron chi connectivity index (χ0n) is 9.98. The maximum absolute atomic E-state index is 13.7. The Morgan fingerprint density at radius 1 is 1.33 bits per heavy atom. The van der Waals surface area contributed by atoms with Crippen molar-refractivity contribution in [2.45, 2.75) is 25.9 Å². The molecule has 0 fully saturated rings. The number of hydrogen-bond acceptors (Lipinski definition) is 4. The molecular formula is C11H13BrFN5. The molecule has 0 aliphatic rings. The fraction of sp³-hybridized carbons (Fsp3) is 0.364. The summed E-state index contributed by atoms with van der Waals surface area (Å²) in [5, 5.41) is 16.9. The minimum absolute atomic E-state index is 0.114. The summed E-state index contributed by atoms with van der Waals surface area (Å²) in [5.74, 6) is 0.316. The van der Waals surface area contributed by atoms with Gasteiger partial charge in [-0.25, -0.2) is 4.39 Å². The molecule has 0 spiro atoms. The molecular weight excluding hydrogens is 301 g/mol. The van der Waals surface area contributed by atoms with Crippen LogP contribution in [0.15, 0.2) is 22.7 Å². The second-order valence-corrected chi connectivity index (χ2v) is 4.96. The van der Waals surface area contributed by atoms with Crippen molar-refractivity contribution in [2.24, 2.45) is 0 Å². The van der Waals surface area contributed by atoms with E-state index in [4.69, 9.17) is 0 Å². The molecule has 2 N–H and O–H groups in total. The lowest BCUT2D eigenvalue weighted by Gasteiger charge is -2.18. The largest absolute Gasteiger partial charge is 0.301 e. The molecule has 7 heteroatoms. The van der Waals surface area contributed by atoms with Crippen LogP contribution in [0.5, 0.6) is 0 Å². The highest BCUT2D eigenvalue weighted by atomic mass is 79.9. The first-order valence-corrected chi connectivity index (χ1v) is 6.31. The summed E-state index contributed by atoms with van der Waals surface area (Å²) in [7, 11) is 0. The van der Waals surface area contributed by atoms with Crippen LogP contribution in [-0.4, -0.2) is 20.6 Å².